The van der Waals surface area contributed by atoms with Gasteiger partial charge in [-0.3, -0.25) is 4.79 Å². The highest BCUT2D eigenvalue weighted by Gasteiger charge is 2.20. The molecule has 1 saturated heterocycles. The average Bonchev–Trinajstić information content (AvgIpc) is 3.39. The van der Waals surface area contributed by atoms with Gasteiger partial charge in [-0.05, 0) is 31.9 Å². The maximum atomic E-state index is 12.2. The number of likely N-dealkylation sites (N-methyl/N-ethyl adjacent to an activating group) is 1. The lowest BCUT2D eigenvalue weighted by Gasteiger charge is -2.16. The fourth-order valence-corrected chi connectivity index (χ4v) is 4.15. The lowest BCUT2D eigenvalue weighted by Crippen LogP contribution is -2.38. The van der Waals surface area contributed by atoms with Gasteiger partial charge in [0, 0.05) is 20.2 Å². The third-order valence-electron chi connectivity index (χ3n) is 4.64. The minimum atomic E-state index is -0.0198. The van der Waals surface area contributed by atoms with E-state index in [1.54, 1.807) is 11.3 Å². The third kappa shape index (κ3) is 3.81. The van der Waals surface area contributed by atoms with Crippen molar-refractivity contribution in [1.82, 2.24) is 20.1 Å². The van der Waals surface area contributed by atoms with Gasteiger partial charge < -0.3 is 15.0 Å². The molecule has 0 aliphatic carbocycles. The Balaban J connectivity index is 1.47. The maximum absolute atomic E-state index is 12.2. The number of aryl methyl sites for hydroxylation is 1. The van der Waals surface area contributed by atoms with Gasteiger partial charge >= 0.3 is 0 Å². The number of hydrogen-bond donors (Lipinski definition) is 1. The topological polar surface area (TPSA) is 72.3 Å². The van der Waals surface area contributed by atoms with E-state index >= 15 is 0 Å². The zero-order valence-corrected chi connectivity index (χ0v) is 16.3. The van der Waals surface area contributed by atoms with Gasteiger partial charge in [-0.1, -0.05) is 29.5 Å². The van der Waals surface area contributed by atoms with Gasteiger partial charge in [-0.15, -0.1) is 0 Å². The number of carbonyl (C=O) groups excluding carboxylic acids is 1. The van der Waals surface area contributed by atoms with Gasteiger partial charge in [0.25, 0.3) is 0 Å². The number of hydrogen-bond acceptors (Lipinski definition) is 6. The first-order chi connectivity index (χ1) is 13.1. The molecule has 4 rings (SSSR count). The van der Waals surface area contributed by atoms with Gasteiger partial charge in [-0.25, -0.2) is 4.68 Å². The summed E-state index contributed by atoms with van der Waals surface area (Å²) in [6.07, 6.45) is 2.24. The average molecular weight is 385 g/mol. The highest BCUT2D eigenvalue weighted by molar-refractivity contribution is 7.22. The van der Waals surface area contributed by atoms with Crippen LogP contribution in [0.3, 0.4) is 0 Å². The molecular weight excluding hydrogens is 362 g/mol. The predicted molar refractivity (Wildman–Crippen MR) is 107 cm³/mol. The van der Waals surface area contributed by atoms with Crippen LogP contribution in [0.1, 0.15) is 18.5 Å². The first-order valence-corrected chi connectivity index (χ1v) is 9.94. The second kappa shape index (κ2) is 7.66. The third-order valence-corrected chi connectivity index (χ3v) is 5.90. The number of thiazole rings is 1. The Bertz CT molecular complexity index is 930. The fraction of sp³-hybridized carbons (Fsp3) is 0.421. The van der Waals surface area contributed by atoms with E-state index in [0.29, 0.717) is 6.54 Å². The molecule has 142 valence electrons. The Hall–Kier alpha value is -2.45. The minimum absolute atomic E-state index is 0.0198. The molecule has 1 unspecified atom stereocenters. The lowest BCUT2D eigenvalue weighted by atomic mass is 10.2. The van der Waals surface area contributed by atoms with E-state index in [2.05, 4.69) is 10.4 Å². The molecule has 1 aliphatic rings. The van der Waals surface area contributed by atoms with Crippen molar-refractivity contribution in [2.75, 3.05) is 31.6 Å². The SMILES string of the molecule is Cc1nn(-c2ccccc2)c2nc(N(C)CC(=O)NCC3CCCO3)sc12. The Kier molecular flexibility index (Phi) is 5.09. The van der Waals surface area contributed by atoms with E-state index in [4.69, 9.17) is 9.72 Å². The van der Waals surface area contributed by atoms with Crippen molar-refractivity contribution in [3.63, 3.8) is 0 Å². The Morgan fingerprint density at radius 3 is 2.96 bits per heavy atom. The van der Waals surface area contributed by atoms with Crippen LogP contribution in [0.15, 0.2) is 30.3 Å². The number of aromatic nitrogens is 3. The number of anilines is 1. The molecule has 27 heavy (non-hydrogen) atoms. The van der Waals surface area contributed by atoms with Gasteiger partial charge in [-0.2, -0.15) is 10.1 Å². The molecule has 0 radical (unpaired) electrons. The van der Waals surface area contributed by atoms with E-state index < -0.39 is 0 Å². The highest BCUT2D eigenvalue weighted by atomic mass is 32.1. The molecule has 7 nitrogen and oxygen atoms in total. The van der Waals surface area contributed by atoms with Crippen molar-refractivity contribution in [2.45, 2.75) is 25.9 Å². The maximum Gasteiger partial charge on any atom is 0.239 e. The van der Waals surface area contributed by atoms with Crippen LogP contribution in [0.5, 0.6) is 0 Å². The Morgan fingerprint density at radius 1 is 1.41 bits per heavy atom. The normalized spacial score (nSPS) is 16.7. The van der Waals surface area contributed by atoms with E-state index in [-0.39, 0.29) is 18.6 Å². The number of para-hydroxylation sites is 1. The van der Waals surface area contributed by atoms with Crippen LogP contribution in [0.2, 0.25) is 0 Å². The number of nitrogens with one attached hydrogen (secondary N) is 1. The first-order valence-electron chi connectivity index (χ1n) is 9.13. The van der Waals surface area contributed by atoms with Crippen molar-refractivity contribution < 1.29 is 9.53 Å². The predicted octanol–water partition coefficient (Wildman–Crippen LogP) is 2.52. The molecule has 1 amide bonds. The van der Waals surface area contributed by atoms with Crippen molar-refractivity contribution in [3.05, 3.63) is 36.0 Å². The summed E-state index contributed by atoms with van der Waals surface area (Å²) in [6.45, 7) is 3.62. The van der Waals surface area contributed by atoms with Crippen LogP contribution in [0.4, 0.5) is 5.13 Å². The van der Waals surface area contributed by atoms with Crippen molar-refractivity contribution in [3.8, 4) is 5.69 Å². The van der Waals surface area contributed by atoms with Crippen molar-refractivity contribution in [2.24, 2.45) is 0 Å². The summed E-state index contributed by atoms with van der Waals surface area (Å²) >= 11 is 1.56. The molecule has 0 saturated carbocycles. The molecule has 2 aromatic heterocycles. The smallest absolute Gasteiger partial charge is 0.239 e. The molecule has 0 bridgehead atoms. The molecule has 0 spiro atoms. The summed E-state index contributed by atoms with van der Waals surface area (Å²) in [5, 5.41) is 8.37. The van der Waals surface area contributed by atoms with Crippen LogP contribution in [-0.2, 0) is 9.53 Å². The quantitative estimate of drug-likeness (QED) is 0.706. The van der Waals surface area contributed by atoms with E-state index in [1.165, 1.54) is 0 Å². The molecule has 3 heterocycles. The second-order valence-electron chi connectivity index (χ2n) is 6.78. The number of carbonyl (C=O) groups is 1. The molecular formula is C19H23N5O2S. The van der Waals surface area contributed by atoms with E-state index in [1.807, 2.05) is 53.9 Å². The molecule has 8 heteroatoms. The monoisotopic (exact) mass is 385 g/mol. The van der Waals surface area contributed by atoms with Crippen LogP contribution < -0.4 is 10.2 Å². The van der Waals surface area contributed by atoms with Gasteiger partial charge in [0.05, 0.1) is 28.7 Å². The van der Waals surface area contributed by atoms with Crippen LogP contribution in [0, 0.1) is 6.92 Å². The largest absolute Gasteiger partial charge is 0.376 e. The number of rotatable bonds is 6. The summed E-state index contributed by atoms with van der Waals surface area (Å²) in [4.78, 5) is 18.9. The summed E-state index contributed by atoms with van der Waals surface area (Å²) in [7, 11) is 1.89. The zero-order valence-electron chi connectivity index (χ0n) is 15.5. The summed E-state index contributed by atoms with van der Waals surface area (Å²) in [6, 6.07) is 9.96. The minimum Gasteiger partial charge on any atom is -0.376 e. The standard InChI is InChI=1S/C19H23N5O2S/c1-13-17-18(24(22-13)14-7-4-3-5-8-14)21-19(27-17)23(2)12-16(25)20-11-15-9-6-10-26-15/h3-5,7-8,15H,6,9-12H2,1-2H3,(H,20,25). The Morgan fingerprint density at radius 2 is 2.22 bits per heavy atom. The number of amides is 1. The van der Waals surface area contributed by atoms with Crippen molar-refractivity contribution >= 4 is 32.7 Å². The molecule has 1 aliphatic heterocycles. The Labute approximate surface area is 162 Å². The summed E-state index contributed by atoms with van der Waals surface area (Å²) < 4.78 is 8.44. The molecule has 1 fully saturated rings. The molecule has 3 aromatic rings. The number of benzene rings is 1. The van der Waals surface area contributed by atoms with E-state index in [9.17, 15) is 4.79 Å². The van der Waals surface area contributed by atoms with Gasteiger partial charge in [0.15, 0.2) is 10.8 Å². The summed E-state index contributed by atoms with van der Waals surface area (Å²) in [5.41, 5.74) is 2.74. The summed E-state index contributed by atoms with van der Waals surface area (Å²) in [5.74, 6) is -0.0198. The number of nitrogens with zero attached hydrogens (tertiary/aromatic N) is 4. The second-order valence-corrected chi connectivity index (χ2v) is 7.75. The fourth-order valence-electron chi connectivity index (χ4n) is 3.21. The lowest BCUT2D eigenvalue weighted by molar-refractivity contribution is -0.120. The van der Waals surface area contributed by atoms with Crippen LogP contribution in [-0.4, -0.2) is 53.5 Å². The first kappa shape index (κ1) is 17.9. The molecule has 1 N–H and O–H groups in total. The number of fused-ring (bicyclic) bond motifs is 1. The van der Waals surface area contributed by atoms with Crippen LogP contribution in [0.25, 0.3) is 16.0 Å². The van der Waals surface area contributed by atoms with Crippen molar-refractivity contribution in [1.29, 1.82) is 0 Å². The van der Waals surface area contributed by atoms with Gasteiger partial charge in [0.1, 0.15) is 0 Å². The van der Waals surface area contributed by atoms with Gasteiger partial charge in [0.2, 0.25) is 5.91 Å². The zero-order chi connectivity index (χ0) is 18.8. The molecule has 1 aromatic carbocycles. The molecule has 1 atom stereocenters. The number of ether oxygens (including phenoxy) is 1. The van der Waals surface area contributed by atoms with Crippen LogP contribution >= 0.6 is 11.3 Å². The van der Waals surface area contributed by atoms with E-state index in [0.717, 1.165) is 46.3 Å². The highest BCUT2D eigenvalue weighted by Crippen LogP contribution is 2.31.